The first kappa shape index (κ1) is 41.8. The summed E-state index contributed by atoms with van der Waals surface area (Å²) in [5.41, 5.74) is 23.8. The molecule has 0 bridgehead atoms. The summed E-state index contributed by atoms with van der Waals surface area (Å²) >= 11 is 0. The summed E-state index contributed by atoms with van der Waals surface area (Å²) in [6.45, 7) is 0. The number of hydrogen-bond donors (Lipinski definition) is 0. The average molecular weight is 865 g/mol. The van der Waals surface area contributed by atoms with Crippen LogP contribution in [0.4, 0.5) is 0 Å². The molecule has 0 heterocycles. The molecule has 68 heavy (non-hydrogen) atoms. The molecule has 0 aromatic heterocycles. The number of hydrogen-bond acceptors (Lipinski definition) is 0. The first-order valence-electron chi connectivity index (χ1n) is 23.4. The van der Waals surface area contributed by atoms with Crippen molar-refractivity contribution in [2.45, 2.75) is 0 Å². The maximum absolute atomic E-state index is 2.42. The second-order valence-corrected chi connectivity index (χ2v) is 17.1. The SMILES string of the molecule is C(=C/c1cc(-c2ccccc2)c(-c2ccccc2)c(-c2ccccc2)c1-c1ccccc1)/c1ccc(-c2cc(-c3ccccc3)c(-c3ccccc3)c(-c3ccccc3)c2-c2ccccc2)cc1. The van der Waals surface area contributed by atoms with Gasteiger partial charge in [0.1, 0.15) is 0 Å². The Morgan fingerprint density at radius 3 is 0.765 bits per heavy atom. The lowest BCUT2D eigenvalue weighted by molar-refractivity contribution is 1.52. The Kier molecular flexibility index (Phi) is 11.9. The van der Waals surface area contributed by atoms with Gasteiger partial charge in [-0.3, -0.25) is 0 Å². The van der Waals surface area contributed by atoms with Crippen LogP contribution < -0.4 is 0 Å². The predicted molar refractivity (Wildman–Crippen MR) is 291 cm³/mol. The summed E-state index contributed by atoms with van der Waals surface area (Å²) < 4.78 is 0. The van der Waals surface area contributed by atoms with Crippen LogP contribution in [0.3, 0.4) is 0 Å². The van der Waals surface area contributed by atoms with E-state index in [1.165, 1.54) is 94.6 Å². The molecule has 0 atom stereocenters. The summed E-state index contributed by atoms with van der Waals surface area (Å²) in [4.78, 5) is 0. The molecular formula is C68H48. The summed E-state index contributed by atoms with van der Waals surface area (Å²) in [6, 6.07) is 101. The van der Waals surface area contributed by atoms with E-state index < -0.39 is 0 Å². The van der Waals surface area contributed by atoms with E-state index in [0.29, 0.717) is 0 Å². The van der Waals surface area contributed by atoms with Gasteiger partial charge in [-0.25, -0.2) is 0 Å². The van der Waals surface area contributed by atoms with Gasteiger partial charge in [-0.1, -0.05) is 279 Å². The van der Waals surface area contributed by atoms with Gasteiger partial charge in [0.15, 0.2) is 0 Å². The molecule has 11 aromatic carbocycles. The third kappa shape index (κ3) is 8.44. The highest BCUT2D eigenvalue weighted by atomic mass is 14.3. The van der Waals surface area contributed by atoms with E-state index in [0.717, 1.165) is 16.7 Å². The van der Waals surface area contributed by atoms with Crippen molar-refractivity contribution >= 4 is 12.2 Å². The van der Waals surface area contributed by atoms with Gasteiger partial charge in [0.25, 0.3) is 0 Å². The molecule has 0 radical (unpaired) electrons. The van der Waals surface area contributed by atoms with E-state index in [2.05, 4.69) is 291 Å². The molecule has 0 N–H and O–H groups in total. The van der Waals surface area contributed by atoms with E-state index in [1.807, 2.05) is 0 Å². The van der Waals surface area contributed by atoms with Crippen molar-refractivity contribution in [3.63, 3.8) is 0 Å². The van der Waals surface area contributed by atoms with Crippen LogP contribution in [0.1, 0.15) is 11.1 Å². The highest BCUT2D eigenvalue weighted by molar-refractivity contribution is 6.08. The Bertz CT molecular complexity index is 3450. The number of rotatable bonds is 11. The lowest BCUT2D eigenvalue weighted by Gasteiger charge is -2.24. The van der Waals surface area contributed by atoms with E-state index in [9.17, 15) is 0 Å². The minimum Gasteiger partial charge on any atom is -0.0622 e. The fourth-order valence-corrected chi connectivity index (χ4v) is 9.81. The van der Waals surface area contributed by atoms with Crippen LogP contribution in [-0.4, -0.2) is 0 Å². The third-order valence-electron chi connectivity index (χ3n) is 12.9. The molecule has 11 aromatic rings. The van der Waals surface area contributed by atoms with Crippen molar-refractivity contribution in [3.8, 4) is 100 Å². The van der Waals surface area contributed by atoms with Crippen LogP contribution in [0.5, 0.6) is 0 Å². The summed E-state index contributed by atoms with van der Waals surface area (Å²) in [7, 11) is 0. The van der Waals surface area contributed by atoms with Gasteiger partial charge in [0, 0.05) is 0 Å². The molecule has 320 valence electrons. The van der Waals surface area contributed by atoms with Crippen molar-refractivity contribution in [2.24, 2.45) is 0 Å². The van der Waals surface area contributed by atoms with Crippen molar-refractivity contribution in [3.05, 3.63) is 290 Å². The smallest absolute Gasteiger partial charge is 0.00143 e. The van der Waals surface area contributed by atoms with E-state index >= 15 is 0 Å². The van der Waals surface area contributed by atoms with Crippen LogP contribution >= 0.6 is 0 Å². The third-order valence-corrected chi connectivity index (χ3v) is 12.9. The average Bonchev–Trinajstić information content (AvgIpc) is 3.43. The first-order chi connectivity index (χ1) is 33.8. The minimum absolute atomic E-state index is 1.12. The maximum atomic E-state index is 2.42. The highest BCUT2D eigenvalue weighted by Gasteiger charge is 2.25. The topological polar surface area (TPSA) is 0 Å². The van der Waals surface area contributed by atoms with Crippen LogP contribution in [0.15, 0.2) is 279 Å². The lowest BCUT2D eigenvalue weighted by atomic mass is 9.79. The normalized spacial score (nSPS) is 11.2. The van der Waals surface area contributed by atoms with Crippen molar-refractivity contribution in [1.29, 1.82) is 0 Å². The van der Waals surface area contributed by atoms with Gasteiger partial charge in [-0.05, 0) is 123 Å². The number of benzene rings is 11. The second-order valence-electron chi connectivity index (χ2n) is 17.1. The van der Waals surface area contributed by atoms with E-state index in [1.54, 1.807) is 0 Å². The molecule has 0 unspecified atom stereocenters. The molecule has 0 heteroatoms. The summed E-state index contributed by atoms with van der Waals surface area (Å²) in [5.74, 6) is 0. The Morgan fingerprint density at radius 1 is 0.176 bits per heavy atom. The molecule has 0 saturated carbocycles. The van der Waals surface area contributed by atoms with Gasteiger partial charge >= 0.3 is 0 Å². The Labute approximate surface area is 400 Å². The zero-order chi connectivity index (χ0) is 45.5. The standard InChI is InChI=1S/C68H48/c1-9-25-50(26-10-1)60-47-59(63(53-29-13-3-14-30-53)67(57-37-21-7-22-38-57)64(60)54-31-15-4-16-32-54)46-43-49-41-44-52(45-42-49)62-48-61(51-27-11-2-12-28-51)65(55-33-17-5-18-34-55)68(58-39-23-8-24-40-58)66(62)56-35-19-6-20-36-56/h1-48H/b46-43-. The van der Waals surface area contributed by atoms with Crippen LogP contribution in [-0.2, 0) is 0 Å². The molecule has 0 fully saturated rings. The van der Waals surface area contributed by atoms with Gasteiger partial charge in [0.05, 0.1) is 0 Å². The molecular weight excluding hydrogens is 817 g/mol. The highest BCUT2D eigenvalue weighted by Crippen LogP contribution is 2.51. The van der Waals surface area contributed by atoms with Crippen molar-refractivity contribution in [1.82, 2.24) is 0 Å². The molecule has 0 aliphatic heterocycles. The predicted octanol–water partition coefficient (Wildman–Crippen LogP) is 18.9. The second kappa shape index (κ2) is 19.3. The van der Waals surface area contributed by atoms with E-state index in [4.69, 9.17) is 0 Å². The van der Waals surface area contributed by atoms with Gasteiger partial charge in [-0.15, -0.1) is 0 Å². The molecule has 0 saturated heterocycles. The summed E-state index contributed by atoms with van der Waals surface area (Å²) in [5, 5.41) is 0. The molecule has 11 rings (SSSR count). The quantitative estimate of drug-likeness (QED) is 0.114. The first-order valence-corrected chi connectivity index (χ1v) is 23.4. The zero-order valence-electron chi connectivity index (χ0n) is 37.7. The van der Waals surface area contributed by atoms with Gasteiger partial charge in [-0.2, -0.15) is 0 Å². The Hall–Kier alpha value is -8.84. The largest absolute Gasteiger partial charge is 0.0622 e. The van der Waals surface area contributed by atoms with Gasteiger partial charge in [0.2, 0.25) is 0 Å². The van der Waals surface area contributed by atoms with Gasteiger partial charge < -0.3 is 0 Å². The Morgan fingerprint density at radius 2 is 0.426 bits per heavy atom. The fourth-order valence-electron chi connectivity index (χ4n) is 9.81. The molecule has 0 aliphatic rings. The Balaban J connectivity index is 1.12. The van der Waals surface area contributed by atoms with E-state index in [-0.39, 0.29) is 0 Å². The maximum Gasteiger partial charge on any atom is -0.00143 e. The van der Waals surface area contributed by atoms with Crippen LogP contribution in [0.2, 0.25) is 0 Å². The molecule has 0 aliphatic carbocycles. The fraction of sp³-hybridized carbons (Fsp3) is 0. The molecule has 0 amide bonds. The lowest BCUT2D eigenvalue weighted by Crippen LogP contribution is -1.98. The monoisotopic (exact) mass is 864 g/mol. The molecule has 0 spiro atoms. The van der Waals surface area contributed by atoms with Crippen LogP contribution in [0, 0.1) is 0 Å². The van der Waals surface area contributed by atoms with Crippen LogP contribution in [0.25, 0.3) is 112 Å². The minimum atomic E-state index is 1.12. The zero-order valence-corrected chi connectivity index (χ0v) is 37.7. The van der Waals surface area contributed by atoms with Crippen molar-refractivity contribution in [2.75, 3.05) is 0 Å². The van der Waals surface area contributed by atoms with Crippen molar-refractivity contribution < 1.29 is 0 Å². The summed E-state index contributed by atoms with van der Waals surface area (Å²) in [6.07, 6.45) is 4.59. The molecule has 0 nitrogen and oxygen atoms in total.